The fourth-order valence-corrected chi connectivity index (χ4v) is 1.49. The van der Waals surface area contributed by atoms with Gasteiger partial charge in [0.15, 0.2) is 6.19 Å². The molecule has 0 aromatic heterocycles. The van der Waals surface area contributed by atoms with Crippen LogP contribution in [0.1, 0.15) is 0 Å². The highest BCUT2D eigenvalue weighted by atomic mass is 15.6. The van der Waals surface area contributed by atoms with Gasteiger partial charge >= 0.3 is 0 Å². The van der Waals surface area contributed by atoms with Crippen molar-refractivity contribution in [2.75, 3.05) is 18.1 Å². The molecule has 0 radical (unpaired) electrons. The molecule has 14 heavy (non-hydrogen) atoms. The zero-order valence-corrected chi connectivity index (χ0v) is 7.80. The second-order valence-electron chi connectivity index (χ2n) is 3.07. The molecule has 0 atom stereocenters. The van der Waals surface area contributed by atoms with Gasteiger partial charge in [-0.15, -0.1) is 0 Å². The number of para-hydroxylation sites is 1. The van der Waals surface area contributed by atoms with E-state index >= 15 is 0 Å². The van der Waals surface area contributed by atoms with E-state index in [2.05, 4.69) is 12.3 Å². The molecule has 0 spiro atoms. The second kappa shape index (κ2) is 3.84. The number of rotatable bonds is 1. The van der Waals surface area contributed by atoms with Gasteiger partial charge in [0.1, 0.15) is 0 Å². The Morgan fingerprint density at radius 2 is 1.79 bits per heavy atom. The van der Waals surface area contributed by atoms with Crippen molar-refractivity contribution in [1.29, 1.82) is 5.26 Å². The Bertz CT molecular complexity index is 364. The van der Waals surface area contributed by atoms with Crippen molar-refractivity contribution in [1.82, 2.24) is 5.01 Å². The molecule has 1 aliphatic heterocycles. The lowest BCUT2D eigenvalue weighted by Crippen LogP contribution is -2.42. The van der Waals surface area contributed by atoms with Crippen LogP contribution in [0.3, 0.4) is 0 Å². The maximum atomic E-state index is 8.92. The van der Waals surface area contributed by atoms with E-state index in [9.17, 15) is 0 Å². The first kappa shape index (κ1) is 8.64. The predicted octanol–water partition coefficient (Wildman–Crippen LogP) is 1.76. The van der Waals surface area contributed by atoms with Gasteiger partial charge in [0.25, 0.3) is 0 Å². The quantitative estimate of drug-likeness (QED) is 0.493. The molecule has 0 aliphatic carbocycles. The lowest BCUT2D eigenvalue weighted by molar-refractivity contribution is 0.394. The zero-order chi connectivity index (χ0) is 9.80. The largest absolute Gasteiger partial charge is 0.273 e. The van der Waals surface area contributed by atoms with Crippen LogP contribution >= 0.6 is 0 Å². The van der Waals surface area contributed by atoms with Crippen LogP contribution in [0.5, 0.6) is 0 Å². The Balaban J connectivity index is 2.26. The van der Waals surface area contributed by atoms with Crippen LogP contribution in [0, 0.1) is 11.5 Å². The monoisotopic (exact) mass is 185 g/mol. The predicted molar refractivity (Wildman–Crippen MR) is 55.2 cm³/mol. The van der Waals surface area contributed by atoms with Crippen molar-refractivity contribution in [2.24, 2.45) is 0 Å². The molecule has 3 nitrogen and oxygen atoms in total. The summed E-state index contributed by atoms with van der Waals surface area (Å²) in [6.07, 6.45) is 6.23. The van der Waals surface area contributed by atoms with Gasteiger partial charge in [0, 0.05) is 0 Å². The summed E-state index contributed by atoms with van der Waals surface area (Å²) >= 11 is 0. The van der Waals surface area contributed by atoms with Gasteiger partial charge in [-0.2, -0.15) is 5.26 Å². The molecule has 1 aromatic carbocycles. The minimum atomic E-state index is 0.658. The Labute approximate surface area is 83.4 Å². The third-order valence-electron chi connectivity index (χ3n) is 2.18. The first-order valence-electron chi connectivity index (χ1n) is 4.56. The van der Waals surface area contributed by atoms with Crippen LogP contribution in [-0.2, 0) is 0 Å². The molecule has 2 rings (SSSR count). The van der Waals surface area contributed by atoms with Crippen LogP contribution < -0.4 is 5.01 Å². The van der Waals surface area contributed by atoms with Crippen LogP contribution in [0.2, 0.25) is 0 Å². The number of benzene rings is 1. The molecule has 0 amide bonds. The molecular weight excluding hydrogens is 174 g/mol. The zero-order valence-electron chi connectivity index (χ0n) is 7.80. The van der Waals surface area contributed by atoms with E-state index in [1.165, 1.54) is 0 Å². The summed E-state index contributed by atoms with van der Waals surface area (Å²) < 4.78 is 0. The molecule has 1 aromatic rings. The minimum absolute atomic E-state index is 0.658. The SMILES string of the molecule is N#CN1CC=CCN1c1ccccc1. The van der Waals surface area contributed by atoms with Gasteiger partial charge in [-0.25, -0.2) is 5.01 Å². The summed E-state index contributed by atoms with van der Waals surface area (Å²) in [7, 11) is 0. The van der Waals surface area contributed by atoms with E-state index in [0.717, 1.165) is 12.2 Å². The van der Waals surface area contributed by atoms with Crippen molar-refractivity contribution in [3.63, 3.8) is 0 Å². The number of anilines is 1. The fourth-order valence-electron chi connectivity index (χ4n) is 1.49. The van der Waals surface area contributed by atoms with E-state index < -0.39 is 0 Å². The van der Waals surface area contributed by atoms with Gasteiger partial charge in [0.2, 0.25) is 0 Å². The van der Waals surface area contributed by atoms with Crippen molar-refractivity contribution < 1.29 is 0 Å². The van der Waals surface area contributed by atoms with Gasteiger partial charge in [0.05, 0.1) is 18.8 Å². The summed E-state index contributed by atoms with van der Waals surface area (Å²) in [5.74, 6) is 0. The number of nitrogens with zero attached hydrogens (tertiary/aromatic N) is 3. The molecule has 0 saturated heterocycles. The second-order valence-corrected chi connectivity index (χ2v) is 3.07. The number of nitriles is 1. The van der Waals surface area contributed by atoms with Crippen molar-refractivity contribution >= 4 is 5.69 Å². The molecule has 0 unspecified atom stereocenters. The summed E-state index contributed by atoms with van der Waals surface area (Å²) in [5.41, 5.74) is 1.05. The van der Waals surface area contributed by atoms with Gasteiger partial charge in [-0.05, 0) is 12.1 Å². The number of hydrogen-bond donors (Lipinski definition) is 0. The number of hydrazine groups is 1. The van der Waals surface area contributed by atoms with Gasteiger partial charge in [-0.3, -0.25) is 5.01 Å². The fraction of sp³-hybridized carbons (Fsp3) is 0.182. The van der Waals surface area contributed by atoms with Crippen LogP contribution in [0.4, 0.5) is 5.69 Å². The van der Waals surface area contributed by atoms with E-state index in [1.54, 1.807) is 5.01 Å². The maximum absolute atomic E-state index is 8.92. The third kappa shape index (κ3) is 1.55. The lowest BCUT2D eigenvalue weighted by atomic mass is 10.3. The highest BCUT2D eigenvalue weighted by Gasteiger charge is 2.14. The highest BCUT2D eigenvalue weighted by molar-refractivity contribution is 5.46. The van der Waals surface area contributed by atoms with Gasteiger partial charge in [-0.1, -0.05) is 30.4 Å². The smallest absolute Gasteiger partial charge is 0.200 e. The Morgan fingerprint density at radius 3 is 2.50 bits per heavy atom. The van der Waals surface area contributed by atoms with E-state index in [-0.39, 0.29) is 0 Å². The average Bonchev–Trinajstić information content (AvgIpc) is 2.30. The van der Waals surface area contributed by atoms with Crippen LogP contribution in [-0.4, -0.2) is 18.1 Å². The molecular formula is C11H11N3. The molecule has 70 valence electrons. The first-order valence-corrected chi connectivity index (χ1v) is 4.56. The van der Waals surface area contributed by atoms with Crippen molar-refractivity contribution in [3.8, 4) is 6.19 Å². The molecule has 0 N–H and O–H groups in total. The molecule has 0 saturated carbocycles. The van der Waals surface area contributed by atoms with Crippen LogP contribution in [0.15, 0.2) is 42.5 Å². The Morgan fingerprint density at radius 1 is 1.07 bits per heavy atom. The molecule has 0 bridgehead atoms. The first-order chi connectivity index (χ1) is 6.92. The third-order valence-corrected chi connectivity index (χ3v) is 2.18. The Kier molecular flexibility index (Phi) is 2.37. The van der Waals surface area contributed by atoms with E-state index in [4.69, 9.17) is 5.26 Å². The summed E-state index contributed by atoms with van der Waals surface area (Å²) in [6.45, 7) is 1.42. The maximum Gasteiger partial charge on any atom is 0.200 e. The molecule has 3 heteroatoms. The minimum Gasteiger partial charge on any atom is -0.273 e. The molecule has 1 heterocycles. The molecule has 0 fully saturated rings. The highest BCUT2D eigenvalue weighted by Crippen LogP contribution is 2.17. The van der Waals surface area contributed by atoms with Crippen LogP contribution in [0.25, 0.3) is 0 Å². The lowest BCUT2D eigenvalue weighted by Gasteiger charge is -2.33. The average molecular weight is 185 g/mol. The number of hydrogen-bond acceptors (Lipinski definition) is 3. The summed E-state index contributed by atoms with van der Waals surface area (Å²) in [5, 5.41) is 12.5. The van der Waals surface area contributed by atoms with E-state index in [0.29, 0.717) is 6.54 Å². The van der Waals surface area contributed by atoms with Crippen molar-refractivity contribution in [3.05, 3.63) is 42.5 Å². The van der Waals surface area contributed by atoms with E-state index in [1.807, 2.05) is 41.4 Å². The summed E-state index contributed by atoms with van der Waals surface area (Å²) in [4.78, 5) is 0. The van der Waals surface area contributed by atoms with Gasteiger partial charge < -0.3 is 0 Å². The molecule has 1 aliphatic rings. The normalized spacial score (nSPS) is 15.4. The van der Waals surface area contributed by atoms with Crippen molar-refractivity contribution in [2.45, 2.75) is 0 Å². The standard InChI is InChI=1S/C11H11N3/c12-10-13-8-4-5-9-14(13)11-6-2-1-3-7-11/h1-7H,8-9H2. The Hall–Kier alpha value is -1.95. The summed E-state index contributed by atoms with van der Waals surface area (Å²) in [6, 6.07) is 9.93. The topological polar surface area (TPSA) is 30.3 Å².